The van der Waals surface area contributed by atoms with Crippen molar-refractivity contribution in [2.75, 3.05) is 45.8 Å². The lowest BCUT2D eigenvalue weighted by Crippen LogP contribution is -2.47. The topological polar surface area (TPSA) is 42.9 Å². The second-order valence-electron chi connectivity index (χ2n) is 8.45. The van der Waals surface area contributed by atoms with Gasteiger partial charge >= 0.3 is 0 Å². The Kier molecular flexibility index (Phi) is 12.0. The molecule has 0 atom stereocenters. The number of guanidine groups is 1. The van der Waals surface area contributed by atoms with Crippen LogP contribution in [0, 0.1) is 0 Å². The molecule has 0 radical (unpaired) electrons. The van der Waals surface area contributed by atoms with Crippen LogP contribution in [0.15, 0.2) is 35.3 Å². The largest absolute Gasteiger partial charge is 0.357 e. The molecule has 1 aliphatic heterocycles. The van der Waals surface area contributed by atoms with Gasteiger partial charge in [-0.3, -0.25) is 9.89 Å². The number of hydrogen-bond donors (Lipinski definition) is 2. The van der Waals surface area contributed by atoms with Crippen LogP contribution in [0.3, 0.4) is 0 Å². The van der Waals surface area contributed by atoms with Crippen molar-refractivity contribution in [1.29, 1.82) is 0 Å². The molecular formula is C22H40IN5. The summed E-state index contributed by atoms with van der Waals surface area (Å²) in [6, 6.07) is 10.8. The highest BCUT2D eigenvalue weighted by Crippen LogP contribution is 2.09. The molecule has 0 amide bonds. The minimum Gasteiger partial charge on any atom is -0.357 e. The van der Waals surface area contributed by atoms with Gasteiger partial charge in [-0.25, -0.2) is 0 Å². The Morgan fingerprint density at radius 1 is 1.00 bits per heavy atom. The van der Waals surface area contributed by atoms with Crippen molar-refractivity contribution in [3.63, 3.8) is 0 Å². The van der Waals surface area contributed by atoms with Gasteiger partial charge < -0.3 is 15.5 Å². The fraction of sp³-hybridized carbons (Fsp3) is 0.682. The summed E-state index contributed by atoms with van der Waals surface area (Å²) >= 11 is 0. The zero-order chi connectivity index (χ0) is 19.5. The van der Waals surface area contributed by atoms with Gasteiger partial charge in [0.15, 0.2) is 5.96 Å². The van der Waals surface area contributed by atoms with E-state index < -0.39 is 0 Å². The number of benzene rings is 1. The van der Waals surface area contributed by atoms with E-state index in [-0.39, 0.29) is 29.5 Å². The number of nitrogens with one attached hydrogen (secondary N) is 2. The van der Waals surface area contributed by atoms with E-state index in [1.165, 1.54) is 44.7 Å². The number of aliphatic imine (C=N–C) groups is 1. The summed E-state index contributed by atoms with van der Waals surface area (Å²) in [5.41, 5.74) is 1.46. The number of hydrogen-bond acceptors (Lipinski definition) is 3. The van der Waals surface area contributed by atoms with Crippen LogP contribution in [0.25, 0.3) is 0 Å². The number of unbranched alkanes of at least 4 members (excludes halogenated alkanes) is 1. The van der Waals surface area contributed by atoms with Crippen LogP contribution in [0.2, 0.25) is 0 Å². The van der Waals surface area contributed by atoms with E-state index >= 15 is 0 Å². The molecule has 2 N–H and O–H groups in total. The van der Waals surface area contributed by atoms with E-state index in [9.17, 15) is 0 Å². The van der Waals surface area contributed by atoms with Crippen LogP contribution in [0.4, 0.5) is 0 Å². The molecule has 2 rings (SSSR count). The fourth-order valence-corrected chi connectivity index (χ4v) is 3.31. The maximum absolute atomic E-state index is 4.71. The Labute approximate surface area is 189 Å². The molecule has 0 spiro atoms. The normalized spacial score (nSPS) is 16.5. The zero-order valence-corrected chi connectivity index (χ0v) is 20.5. The van der Waals surface area contributed by atoms with E-state index in [4.69, 9.17) is 4.99 Å². The minimum atomic E-state index is 0. The average Bonchev–Trinajstić information content (AvgIpc) is 2.62. The molecule has 1 heterocycles. The summed E-state index contributed by atoms with van der Waals surface area (Å²) in [4.78, 5) is 9.88. The maximum Gasteiger partial charge on any atom is 0.191 e. The van der Waals surface area contributed by atoms with E-state index in [0.29, 0.717) is 0 Å². The molecule has 0 aliphatic carbocycles. The predicted octanol–water partition coefficient (Wildman–Crippen LogP) is 3.56. The summed E-state index contributed by atoms with van der Waals surface area (Å²) < 4.78 is 0. The van der Waals surface area contributed by atoms with Gasteiger partial charge in [0.25, 0.3) is 0 Å². The van der Waals surface area contributed by atoms with Crippen LogP contribution in [0.1, 0.15) is 46.1 Å². The van der Waals surface area contributed by atoms with Gasteiger partial charge in [-0.15, -0.1) is 24.0 Å². The molecule has 1 aromatic carbocycles. The summed E-state index contributed by atoms with van der Waals surface area (Å²) in [5, 5.41) is 6.77. The maximum atomic E-state index is 4.71. The highest BCUT2D eigenvalue weighted by molar-refractivity contribution is 14.0. The molecule has 0 saturated carbocycles. The zero-order valence-electron chi connectivity index (χ0n) is 18.2. The first-order valence-corrected chi connectivity index (χ1v) is 10.5. The lowest BCUT2D eigenvalue weighted by molar-refractivity contribution is 0.126. The second-order valence-corrected chi connectivity index (χ2v) is 8.45. The van der Waals surface area contributed by atoms with Crippen molar-refractivity contribution in [2.24, 2.45) is 4.99 Å². The average molecular weight is 502 g/mol. The highest BCUT2D eigenvalue weighted by Gasteiger charge is 2.16. The van der Waals surface area contributed by atoms with Crippen molar-refractivity contribution in [1.82, 2.24) is 20.4 Å². The first-order valence-electron chi connectivity index (χ1n) is 10.5. The minimum absolute atomic E-state index is 0. The second kappa shape index (κ2) is 13.4. The van der Waals surface area contributed by atoms with Gasteiger partial charge in [0.1, 0.15) is 0 Å². The molecule has 0 bridgehead atoms. The number of halogens is 1. The molecule has 0 unspecified atom stereocenters. The lowest BCUT2D eigenvalue weighted by atomic mass is 10.1. The summed E-state index contributed by atoms with van der Waals surface area (Å²) in [5.74, 6) is 0.930. The van der Waals surface area contributed by atoms with Crippen LogP contribution in [-0.4, -0.2) is 67.1 Å². The molecule has 1 aliphatic rings. The molecule has 1 aromatic rings. The van der Waals surface area contributed by atoms with E-state index in [0.717, 1.165) is 32.0 Å². The molecule has 0 aromatic heterocycles. The van der Waals surface area contributed by atoms with E-state index in [1.54, 1.807) is 0 Å². The van der Waals surface area contributed by atoms with Crippen LogP contribution >= 0.6 is 24.0 Å². The standard InChI is InChI=1S/C22H39N5.HI/c1-5-23-21(25-22(2,3)4)24-13-9-10-14-26-15-17-27(18-16-26)19-20-11-7-6-8-12-20;/h6-8,11-12H,5,9-10,13-19H2,1-4H3,(H2,23,24,25);1H. The van der Waals surface area contributed by atoms with Crippen LogP contribution < -0.4 is 10.6 Å². The third-order valence-electron chi connectivity index (χ3n) is 4.70. The predicted molar refractivity (Wildman–Crippen MR) is 132 cm³/mol. The molecule has 1 saturated heterocycles. The molecule has 5 nitrogen and oxygen atoms in total. The molecule has 160 valence electrons. The quantitative estimate of drug-likeness (QED) is 0.248. The van der Waals surface area contributed by atoms with Crippen molar-refractivity contribution < 1.29 is 0 Å². The Bertz CT molecular complexity index is 548. The van der Waals surface area contributed by atoms with Crippen molar-refractivity contribution in [3.05, 3.63) is 35.9 Å². The summed E-state index contributed by atoms with van der Waals surface area (Å²) in [6.45, 7) is 17.4. The van der Waals surface area contributed by atoms with Gasteiger partial charge in [-0.2, -0.15) is 0 Å². The summed E-state index contributed by atoms with van der Waals surface area (Å²) in [7, 11) is 0. The molecule has 1 fully saturated rings. The van der Waals surface area contributed by atoms with Gasteiger partial charge in [0, 0.05) is 51.4 Å². The Hall–Kier alpha value is -0.860. The van der Waals surface area contributed by atoms with Crippen molar-refractivity contribution >= 4 is 29.9 Å². The summed E-state index contributed by atoms with van der Waals surface area (Å²) in [6.07, 6.45) is 2.36. The molecule has 6 heteroatoms. The monoisotopic (exact) mass is 501 g/mol. The third-order valence-corrected chi connectivity index (χ3v) is 4.70. The first kappa shape index (κ1) is 25.2. The van der Waals surface area contributed by atoms with Crippen molar-refractivity contribution in [3.8, 4) is 0 Å². The Morgan fingerprint density at radius 2 is 1.64 bits per heavy atom. The van der Waals surface area contributed by atoms with Gasteiger partial charge in [-0.05, 0) is 52.6 Å². The number of piperazine rings is 1. The van der Waals surface area contributed by atoms with Crippen molar-refractivity contribution in [2.45, 2.75) is 52.6 Å². The van der Waals surface area contributed by atoms with Crippen LogP contribution in [-0.2, 0) is 6.54 Å². The lowest BCUT2D eigenvalue weighted by Gasteiger charge is -2.34. The van der Waals surface area contributed by atoms with Gasteiger partial charge in [0.05, 0.1) is 0 Å². The highest BCUT2D eigenvalue weighted by atomic mass is 127. The third kappa shape index (κ3) is 10.6. The molecule has 28 heavy (non-hydrogen) atoms. The SMILES string of the molecule is CCNC(=NCCCCN1CCN(Cc2ccccc2)CC1)NC(C)(C)C.I. The van der Waals surface area contributed by atoms with Crippen LogP contribution in [0.5, 0.6) is 0 Å². The van der Waals surface area contributed by atoms with E-state index in [2.05, 4.69) is 78.5 Å². The fourth-order valence-electron chi connectivity index (χ4n) is 3.31. The smallest absolute Gasteiger partial charge is 0.191 e. The Morgan fingerprint density at radius 3 is 2.25 bits per heavy atom. The van der Waals surface area contributed by atoms with Gasteiger partial charge in [-0.1, -0.05) is 30.3 Å². The molecular weight excluding hydrogens is 461 g/mol. The first-order chi connectivity index (χ1) is 13.0. The van der Waals surface area contributed by atoms with Gasteiger partial charge in [0.2, 0.25) is 0 Å². The Balaban J connectivity index is 0.00000392. The number of nitrogens with zero attached hydrogens (tertiary/aromatic N) is 3. The van der Waals surface area contributed by atoms with E-state index in [1.807, 2.05) is 0 Å². The number of rotatable bonds is 8.